The molecule has 2 N–H and O–H groups in total. The highest BCUT2D eigenvalue weighted by Gasteiger charge is 2.05. The molecule has 1 aromatic rings. The lowest BCUT2D eigenvalue weighted by Gasteiger charge is -2.09. The van der Waals surface area contributed by atoms with Crippen LogP contribution < -0.4 is 5.73 Å². The number of nitrogens with two attached hydrogens (primary N) is 1. The third kappa shape index (κ3) is 2.51. The molecule has 0 aliphatic heterocycles. The van der Waals surface area contributed by atoms with Crippen molar-refractivity contribution in [3.63, 3.8) is 0 Å². The van der Waals surface area contributed by atoms with Crippen molar-refractivity contribution in [2.45, 2.75) is 16.8 Å². The summed E-state index contributed by atoms with van der Waals surface area (Å²) in [4.78, 5) is 1.22. The van der Waals surface area contributed by atoms with Crippen LogP contribution in [0.5, 0.6) is 0 Å². The number of alkyl halides is 1. The lowest BCUT2D eigenvalue weighted by atomic mass is 10.2. The van der Waals surface area contributed by atoms with E-state index in [-0.39, 0.29) is 4.95 Å². The van der Waals surface area contributed by atoms with E-state index in [1.165, 1.54) is 10.5 Å². The highest BCUT2D eigenvalue weighted by atomic mass is 79.9. The Bertz CT molecular complexity index is 250. The van der Waals surface area contributed by atoms with Crippen LogP contribution in [0.2, 0.25) is 0 Å². The molecular weight excluding hydrogens is 234 g/mol. The molecular formula is C9H12BrNS. The largest absolute Gasteiger partial charge is 0.315 e. The smallest absolute Gasteiger partial charge is 0.0872 e. The van der Waals surface area contributed by atoms with Crippen molar-refractivity contribution in [1.82, 2.24) is 0 Å². The Morgan fingerprint density at radius 2 is 2.17 bits per heavy atom. The lowest BCUT2D eigenvalue weighted by Crippen LogP contribution is -2.02. The van der Waals surface area contributed by atoms with Gasteiger partial charge in [0.05, 0.1) is 4.95 Å². The summed E-state index contributed by atoms with van der Waals surface area (Å²) in [7, 11) is 0. The van der Waals surface area contributed by atoms with Crippen LogP contribution in [0.15, 0.2) is 29.2 Å². The van der Waals surface area contributed by atoms with Gasteiger partial charge >= 0.3 is 0 Å². The van der Waals surface area contributed by atoms with Gasteiger partial charge in [0.25, 0.3) is 0 Å². The minimum absolute atomic E-state index is 0.0484. The molecule has 66 valence electrons. The Labute approximate surface area is 85.9 Å². The van der Waals surface area contributed by atoms with Crippen LogP contribution in [0.1, 0.15) is 17.4 Å². The van der Waals surface area contributed by atoms with Crippen LogP contribution in [0.4, 0.5) is 0 Å². The Kier molecular flexibility index (Phi) is 4.12. The third-order valence-electron chi connectivity index (χ3n) is 1.52. The molecule has 0 aliphatic rings. The number of hydrogen-bond acceptors (Lipinski definition) is 2. The average molecular weight is 246 g/mol. The van der Waals surface area contributed by atoms with E-state index in [4.69, 9.17) is 5.73 Å². The van der Waals surface area contributed by atoms with Crippen molar-refractivity contribution < 1.29 is 0 Å². The van der Waals surface area contributed by atoms with E-state index < -0.39 is 0 Å². The van der Waals surface area contributed by atoms with Gasteiger partial charge in [0, 0.05) is 4.90 Å². The van der Waals surface area contributed by atoms with E-state index in [0.29, 0.717) is 0 Å². The van der Waals surface area contributed by atoms with Gasteiger partial charge in [-0.3, -0.25) is 0 Å². The molecule has 3 heteroatoms. The van der Waals surface area contributed by atoms with E-state index in [2.05, 4.69) is 35.0 Å². The van der Waals surface area contributed by atoms with Gasteiger partial charge in [-0.2, -0.15) is 0 Å². The number of benzene rings is 1. The molecule has 0 saturated carbocycles. The Balaban J connectivity index is 2.92. The summed E-state index contributed by atoms with van der Waals surface area (Å²) < 4.78 is 0. The summed E-state index contributed by atoms with van der Waals surface area (Å²) >= 11 is 5.19. The summed E-state index contributed by atoms with van der Waals surface area (Å²) in [6.07, 6.45) is 0. The maximum absolute atomic E-state index is 5.75. The van der Waals surface area contributed by atoms with Gasteiger partial charge in [0.2, 0.25) is 0 Å². The van der Waals surface area contributed by atoms with Crippen LogP contribution in [0, 0.1) is 0 Å². The quantitative estimate of drug-likeness (QED) is 0.503. The number of hydrogen-bond donors (Lipinski definition) is 1. The van der Waals surface area contributed by atoms with Crippen molar-refractivity contribution in [2.24, 2.45) is 5.73 Å². The monoisotopic (exact) mass is 245 g/mol. The molecule has 0 fully saturated rings. The van der Waals surface area contributed by atoms with Gasteiger partial charge in [-0.15, -0.1) is 11.8 Å². The highest BCUT2D eigenvalue weighted by molar-refractivity contribution is 9.09. The first-order valence-corrected chi connectivity index (χ1v) is 5.77. The number of thioether (sulfide) groups is 1. The van der Waals surface area contributed by atoms with Crippen molar-refractivity contribution in [1.29, 1.82) is 0 Å². The van der Waals surface area contributed by atoms with Crippen LogP contribution in [0.3, 0.4) is 0 Å². The molecule has 0 aliphatic carbocycles. The van der Waals surface area contributed by atoms with Gasteiger partial charge in [-0.25, -0.2) is 0 Å². The van der Waals surface area contributed by atoms with Crippen LogP contribution in [0.25, 0.3) is 0 Å². The average Bonchev–Trinajstić information content (AvgIpc) is 2.05. The molecule has 0 bridgehead atoms. The van der Waals surface area contributed by atoms with Crippen molar-refractivity contribution >= 4 is 27.7 Å². The first-order chi connectivity index (χ1) is 5.75. The first kappa shape index (κ1) is 10.1. The van der Waals surface area contributed by atoms with E-state index in [1.54, 1.807) is 0 Å². The molecule has 12 heavy (non-hydrogen) atoms. The van der Waals surface area contributed by atoms with Gasteiger partial charge in [-0.1, -0.05) is 41.1 Å². The van der Waals surface area contributed by atoms with Crippen LogP contribution in [-0.2, 0) is 0 Å². The number of rotatable bonds is 3. The SMILES string of the molecule is CCSc1ccccc1C(N)Br. The summed E-state index contributed by atoms with van der Waals surface area (Å²) in [5.41, 5.74) is 6.92. The Morgan fingerprint density at radius 1 is 1.50 bits per heavy atom. The molecule has 1 rings (SSSR count). The predicted molar refractivity (Wildman–Crippen MR) is 58.7 cm³/mol. The summed E-state index contributed by atoms with van der Waals surface area (Å²) in [6, 6.07) is 8.20. The second-order valence-electron chi connectivity index (χ2n) is 2.37. The van der Waals surface area contributed by atoms with Crippen molar-refractivity contribution in [3.8, 4) is 0 Å². The fourth-order valence-corrected chi connectivity index (χ4v) is 2.39. The Hall–Kier alpha value is 0.01000. The molecule has 0 saturated heterocycles. The highest BCUT2D eigenvalue weighted by Crippen LogP contribution is 2.28. The summed E-state index contributed by atoms with van der Waals surface area (Å²) in [5, 5.41) is 0. The molecule has 0 heterocycles. The minimum atomic E-state index is -0.0484. The third-order valence-corrected chi connectivity index (χ3v) is 2.98. The van der Waals surface area contributed by atoms with E-state index in [9.17, 15) is 0 Å². The minimum Gasteiger partial charge on any atom is -0.315 e. The zero-order valence-electron chi connectivity index (χ0n) is 6.96. The molecule has 1 unspecified atom stereocenters. The van der Waals surface area contributed by atoms with Crippen LogP contribution >= 0.6 is 27.7 Å². The van der Waals surface area contributed by atoms with Gasteiger partial charge in [-0.05, 0) is 17.4 Å². The zero-order chi connectivity index (χ0) is 8.97. The van der Waals surface area contributed by atoms with E-state index in [0.717, 1.165) is 5.75 Å². The number of halogens is 1. The molecule has 0 aromatic heterocycles. The first-order valence-electron chi connectivity index (χ1n) is 3.87. The van der Waals surface area contributed by atoms with E-state index in [1.807, 2.05) is 23.9 Å². The normalized spacial score (nSPS) is 12.9. The second-order valence-corrected chi connectivity index (χ2v) is 4.66. The fourth-order valence-electron chi connectivity index (χ4n) is 0.995. The molecule has 1 nitrogen and oxygen atoms in total. The second kappa shape index (κ2) is 4.90. The summed E-state index contributed by atoms with van der Waals surface area (Å²) in [5.74, 6) is 1.08. The van der Waals surface area contributed by atoms with Crippen molar-refractivity contribution in [3.05, 3.63) is 29.8 Å². The molecule has 0 amide bonds. The maximum atomic E-state index is 5.75. The molecule has 0 spiro atoms. The Morgan fingerprint density at radius 3 is 2.75 bits per heavy atom. The topological polar surface area (TPSA) is 26.0 Å². The van der Waals surface area contributed by atoms with Gasteiger partial charge in [0.1, 0.15) is 0 Å². The van der Waals surface area contributed by atoms with Crippen LogP contribution in [-0.4, -0.2) is 5.75 Å². The maximum Gasteiger partial charge on any atom is 0.0872 e. The van der Waals surface area contributed by atoms with Gasteiger partial charge < -0.3 is 5.73 Å². The standard InChI is InChI=1S/C9H12BrNS/c1-2-12-8-6-4-3-5-7(8)9(10)11/h3-6,9H,2,11H2,1H3. The van der Waals surface area contributed by atoms with E-state index >= 15 is 0 Å². The predicted octanol–water partition coefficient (Wildman–Crippen LogP) is 3.15. The fraction of sp³-hybridized carbons (Fsp3) is 0.333. The van der Waals surface area contributed by atoms with Crippen molar-refractivity contribution in [2.75, 3.05) is 5.75 Å². The molecule has 0 radical (unpaired) electrons. The molecule has 1 aromatic carbocycles. The zero-order valence-corrected chi connectivity index (χ0v) is 9.36. The molecule has 1 atom stereocenters. The summed E-state index contributed by atoms with van der Waals surface area (Å²) in [6.45, 7) is 2.14. The van der Waals surface area contributed by atoms with Gasteiger partial charge in [0.15, 0.2) is 0 Å². The lowest BCUT2D eigenvalue weighted by molar-refractivity contribution is 1.01.